The first-order chi connectivity index (χ1) is 12.1. The summed E-state index contributed by atoms with van der Waals surface area (Å²) in [7, 11) is -3.90. The molecule has 0 unspecified atom stereocenters. The fraction of sp³-hybridized carbons (Fsp3) is 0.667. The highest BCUT2D eigenvalue weighted by Gasteiger charge is 2.48. The van der Waals surface area contributed by atoms with Gasteiger partial charge in [-0.25, -0.2) is 8.42 Å². The van der Waals surface area contributed by atoms with Gasteiger partial charge in [-0.15, -0.1) is 13.2 Å². The fourth-order valence-corrected chi connectivity index (χ4v) is 4.82. The minimum Gasteiger partial charge on any atom is -0.404 e. The maximum atomic E-state index is 13.1. The van der Waals surface area contributed by atoms with Crippen molar-refractivity contribution >= 4 is 9.84 Å². The smallest absolute Gasteiger partial charge is 0.404 e. The van der Waals surface area contributed by atoms with E-state index in [1.54, 1.807) is 6.07 Å². The summed E-state index contributed by atoms with van der Waals surface area (Å²) in [5.41, 5.74) is 0.363. The minimum atomic E-state index is -4.99. The van der Waals surface area contributed by atoms with Crippen molar-refractivity contribution in [2.75, 3.05) is 12.9 Å². The number of halogens is 3. The van der Waals surface area contributed by atoms with E-state index in [0.29, 0.717) is 36.8 Å². The average Bonchev–Trinajstić information content (AvgIpc) is 3.34. The number of sulfone groups is 1. The van der Waals surface area contributed by atoms with Crippen molar-refractivity contribution in [1.29, 1.82) is 0 Å². The predicted molar refractivity (Wildman–Crippen MR) is 90.1 cm³/mol. The summed E-state index contributed by atoms with van der Waals surface area (Å²) < 4.78 is 67.9. The molecule has 0 saturated heterocycles. The zero-order valence-electron chi connectivity index (χ0n) is 14.6. The van der Waals surface area contributed by atoms with Crippen LogP contribution in [-0.4, -0.2) is 32.7 Å². The van der Waals surface area contributed by atoms with Gasteiger partial charge in [-0.2, -0.15) is 0 Å². The van der Waals surface area contributed by atoms with E-state index < -0.39 is 32.3 Å². The summed E-state index contributed by atoms with van der Waals surface area (Å²) in [6.45, 7) is -0.170. The van der Waals surface area contributed by atoms with Gasteiger partial charge >= 0.3 is 6.36 Å². The summed E-state index contributed by atoms with van der Waals surface area (Å²) in [4.78, 5) is -0.437. The Bertz CT molecular complexity index is 776. The molecule has 1 aromatic carbocycles. The molecule has 0 atom stereocenters. The first-order valence-electron chi connectivity index (χ1n) is 8.81. The van der Waals surface area contributed by atoms with Crippen LogP contribution in [-0.2, 0) is 15.3 Å². The van der Waals surface area contributed by atoms with E-state index in [0.717, 1.165) is 25.5 Å². The standard InChI is InChI=1S/C18H23F3O4S/c1-26(23,24)14-8-7-13(17(11-22)9-10-17)15(12-5-3-2-4-6-12)16(14)25-18(19,20)21/h7-8,12,22H,2-6,9-11H2,1H3. The van der Waals surface area contributed by atoms with E-state index in [2.05, 4.69) is 4.74 Å². The highest BCUT2D eigenvalue weighted by Crippen LogP contribution is 2.54. The van der Waals surface area contributed by atoms with Crippen LogP contribution in [0, 0.1) is 0 Å². The minimum absolute atomic E-state index is 0.170. The fourth-order valence-electron chi connectivity index (χ4n) is 4.02. The van der Waals surface area contributed by atoms with Crippen molar-refractivity contribution in [3.8, 4) is 5.75 Å². The molecule has 0 aromatic heterocycles. The average molecular weight is 392 g/mol. The quantitative estimate of drug-likeness (QED) is 0.821. The van der Waals surface area contributed by atoms with Gasteiger partial charge in [0.15, 0.2) is 15.6 Å². The Morgan fingerprint density at radius 2 is 1.81 bits per heavy atom. The molecule has 4 nitrogen and oxygen atoms in total. The van der Waals surface area contributed by atoms with Crippen LogP contribution in [0.5, 0.6) is 5.75 Å². The monoisotopic (exact) mass is 392 g/mol. The number of ether oxygens (including phenoxy) is 1. The van der Waals surface area contributed by atoms with Gasteiger partial charge in [0.25, 0.3) is 0 Å². The van der Waals surface area contributed by atoms with Gasteiger partial charge in [-0.1, -0.05) is 25.3 Å². The summed E-state index contributed by atoms with van der Waals surface area (Å²) in [5.74, 6) is -0.786. The van der Waals surface area contributed by atoms with Crippen LogP contribution in [0.15, 0.2) is 17.0 Å². The third-order valence-corrected chi connectivity index (χ3v) is 6.64. The lowest BCUT2D eigenvalue weighted by atomic mass is 9.78. The molecule has 1 N–H and O–H groups in total. The van der Waals surface area contributed by atoms with Crippen molar-refractivity contribution in [2.24, 2.45) is 0 Å². The number of rotatable bonds is 5. The molecule has 2 aliphatic carbocycles. The zero-order chi connectivity index (χ0) is 19.2. The molecule has 2 aliphatic rings. The molecule has 0 aliphatic heterocycles. The second kappa shape index (κ2) is 6.71. The van der Waals surface area contributed by atoms with Crippen molar-refractivity contribution < 1.29 is 31.4 Å². The van der Waals surface area contributed by atoms with Gasteiger partial charge in [0.2, 0.25) is 0 Å². The molecule has 0 radical (unpaired) electrons. The summed E-state index contributed by atoms with van der Waals surface area (Å²) in [5, 5.41) is 9.80. The van der Waals surface area contributed by atoms with E-state index in [1.807, 2.05) is 0 Å². The predicted octanol–water partition coefficient (Wildman–Crippen LogP) is 4.06. The molecule has 2 saturated carbocycles. The molecule has 146 valence electrons. The Kier molecular flexibility index (Phi) is 5.03. The maximum Gasteiger partial charge on any atom is 0.573 e. The first-order valence-corrected chi connectivity index (χ1v) is 10.7. The molecule has 0 amide bonds. The Balaban J connectivity index is 2.25. The summed E-state index contributed by atoms with van der Waals surface area (Å²) >= 11 is 0. The lowest BCUT2D eigenvalue weighted by Gasteiger charge is -2.30. The SMILES string of the molecule is CS(=O)(=O)c1ccc(C2(CO)CC2)c(C2CCCCC2)c1OC(F)(F)F. The molecular formula is C18H23F3O4S. The lowest BCUT2D eigenvalue weighted by Crippen LogP contribution is -2.24. The normalized spacial score (nSPS) is 20.8. The van der Waals surface area contributed by atoms with Crippen molar-refractivity contribution in [2.45, 2.75) is 67.5 Å². The summed E-state index contributed by atoms with van der Waals surface area (Å²) in [6.07, 6.45) is 1.39. The van der Waals surface area contributed by atoms with Gasteiger partial charge in [0, 0.05) is 17.2 Å². The van der Waals surface area contributed by atoms with Crippen LogP contribution in [0.1, 0.15) is 62.0 Å². The third kappa shape index (κ3) is 3.86. The van der Waals surface area contributed by atoms with Crippen LogP contribution in [0.4, 0.5) is 13.2 Å². The van der Waals surface area contributed by atoms with Crippen molar-refractivity contribution in [3.63, 3.8) is 0 Å². The van der Waals surface area contributed by atoms with Crippen LogP contribution < -0.4 is 4.74 Å². The van der Waals surface area contributed by atoms with Crippen molar-refractivity contribution in [3.05, 3.63) is 23.3 Å². The van der Waals surface area contributed by atoms with Crippen molar-refractivity contribution in [1.82, 2.24) is 0 Å². The Hall–Kier alpha value is -1.28. The van der Waals surface area contributed by atoms with E-state index in [9.17, 15) is 26.7 Å². The van der Waals surface area contributed by atoms with E-state index in [4.69, 9.17) is 0 Å². The van der Waals surface area contributed by atoms with Gasteiger partial charge in [0.1, 0.15) is 4.90 Å². The maximum absolute atomic E-state index is 13.1. The molecule has 2 fully saturated rings. The Labute approximate surface area is 151 Å². The second-order valence-electron chi connectivity index (χ2n) is 7.45. The topological polar surface area (TPSA) is 63.6 Å². The number of hydrogen-bond acceptors (Lipinski definition) is 4. The third-order valence-electron chi connectivity index (χ3n) is 5.52. The summed E-state index contributed by atoms with van der Waals surface area (Å²) in [6, 6.07) is 2.76. The van der Waals surface area contributed by atoms with Crippen LogP contribution in [0.3, 0.4) is 0 Å². The molecular weight excluding hydrogens is 369 g/mol. The molecule has 1 aromatic rings. The highest BCUT2D eigenvalue weighted by molar-refractivity contribution is 7.90. The number of hydrogen-bond donors (Lipinski definition) is 1. The Morgan fingerprint density at radius 1 is 1.19 bits per heavy atom. The second-order valence-corrected chi connectivity index (χ2v) is 9.43. The first kappa shape index (κ1) is 19.5. The molecule has 8 heteroatoms. The van der Waals surface area contributed by atoms with Crippen LogP contribution in [0.2, 0.25) is 0 Å². The molecule has 3 rings (SSSR count). The molecule has 0 bridgehead atoms. The number of benzene rings is 1. The Morgan fingerprint density at radius 3 is 2.27 bits per heavy atom. The molecule has 0 heterocycles. The van der Waals surface area contributed by atoms with E-state index in [1.165, 1.54) is 6.07 Å². The van der Waals surface area contributed by atoms with E-state index >= 15 is 0 Å². The van der Waals surface area contributed by atoms with Crippen LogP contribution >= 0.6 is 0 Å². The number of aliphatic hydroxyl groups excluding tert-OH is 1. The highest BCUT2D eigenvalue weighted by atomic mass is 32.2. The number of alkyl halides is 3. The van der Waals surface area contributed by atoms with Gasteiger partial charge in [-0.05, 0) is 43.2 Å². The van der Waals surface area contributed by atoms with E-state index in [-0.39, 0.29) is 12.5 Å². The lowest BCUT2D eigenvalue weighted by molar-refractivity contribution is -0.276. The van der Waals surface area contributed by atoms with Gasteiger partial charge < -0.3 is 9.84 Å². The zero-order valence-corrected chi connectivity index (χ0v) is 15.4. The molecule has 26 heavy (non-hydrogen) atoms. The molecule has 0 spiro atoms. The van der Waals surface area contributed by atoms with Crippen LogP contribution in [0.25, 0.3) is 0 Å². The largest absolute Gasteiger partial charge is 0.573 e. The van der Waals surface area contributed by atoms with Gasteiger partial charge in [-0.3, -0.25) is 0 Å². The van der Waals surface area contributed by atoms with Gasteiger partial charge in [0.05, 0.1) is 6.61 Å². The number of aliphatic hydroxyl groups is 1.